The van der Waals surface area contributed by atoms with E-state index in [0.29, 0.717) is 6.10 Å². The van der Waals surface area contributed by atoms with Crippen molar-refractivity contribution < 1.29 is 4.74 Å². The fourth-order valence-corrected chi connectivity index (χ4v) is 20.4. The van der Waals surface area contributed by atoms with Gasteiger partial charge in [-0.3, -0.25) is 0 Å². The Kier molecular flexibility index (Phi) is 14.3. The van der Waals surface area contributed by atoms with Crippen molar-refractivity contribution in [3.63, 3.8) is 0 Å². The van der Waals surface area contributed by atoms with Crippen LogP contribution in [0.3, 0.4) is 0 Å². The molecule has 1 atom stereocenters. The molecule has 2 heteroatoms. The summed E-state index contributed by atoms with van der Waals surface area (Å²) in [5.41, 5.74) is 0. The first-order valence-electron chi connectivity index (χ1n) is 12.1. The molecule has 1 nitrogen and oxygen atoms in total. The van der Waals surface area contributed by atoms with Gasteiger partial charge in [0.05, 0.1) is 0 Å². The van der Waals surface area contributed by atoms with Gasteiger partial charge in [0.1, 0.15) is 0 Å². The van der Waals surface area contributed by atoms with Crippen molar-refractivity contribution in [1.82, 2.24) is 0 Å². The van der Waals surface area contributed by atoms with Crippen molar-refractivity contribution in [3.8, 4) is 0 Å². The Labute approximate surface area is 169 Å². The van der Waals surface area contributed by atoms with Crippen LogP contribution in [0.25, 0.3) is 0 Å². The second kappa shape index (κ2) is 15.3. The average molecular weight is 471 g/mol. The Hall–Kier alpha value is 0.339. The molecule has 0 bridgehead atoms. The minimum atomic E-state index is -2.32. The van der Waals surface area contributed by atoms with Gasteiger partial charge in [-0.05, 0) is 0 Å². The summed E-state index contributed by atoms with van der Waals surface area (Å²) in [6, 6.07) is 0. The van der Waals surface area contributed by atoms with Gasteiger partial charge in [0, 0.05) is 0 Å². The van der Waals surface area contributed by atoms with Gasteiger partial charge in [-0.1, -0.05) is 0 Å². The monoisotopic (exact) mass is 472 g/mol. The van der Waals surface area contributed by atoms with Crippen molar-refractivity contribution in [2.75, 3.05) is 0 Å². The van der Waals surface area contributed by atoms with Crippen LogP contribution in [0.2, 0.25) is 13.3 Å². The van der Waals surface area contributed by atoms with Crippen LogP contribution in [0.1, 0.15) is 118 Å². The molecular formula is C24H48OSn. The molecule has 1 aliphatic rings. The van der Waals surface area contributed by atoms with E-state index in [2.05, 4.69) is 33.8 Å². The van der Waals surface area contributed by atoms with Gasteiger partial charge in [0.2, 0.25) is 0 Å². The van der Waals surface area contributed by atoms with Gasteiger partial charge >= 0.3 is 170 Å². The van der Waals surface area contributed by atoms with Crippen LogP contribution in [-0.2, 0) is 4.74 Å². The van der Waals surface area contributed by atoms with Gasteiger partial charge in [-0.2, -0.15) is 0 Å². The molecule has 1 unspecified atom stereocenters. The maximum atomic E-state index is 6.80. The molecule has 0 radical (unpaired) electrons. The Bertz CT molecular complexity index is 341. The molecule has 0 saturated carbocycles. The van der Waals surface area contributed by atoms with Gasteiger partial charge in [0.15, 0.2) is 0 Å². The van der Waals surface area contributed by atoms with Crippen LogP contribution >= 0.6 is 0 Å². The zero-order chi connectivity index (χ0) is 19.1. The Balaban J connectivity index is 2.71. The van der Waals surface area contributed by atoms with Gasteiger partial charge < -0.3 is 0 Å². The van der Waals surface area contributed by atoms with Crippen molar-refractivity contribution in [2.45, 2.75) is 137 Å². The van der Waals surface area contributed by atoms with E-state index in [1.165, 1.54) is 89.9 Å². The van der Waals surface area contributed by atoms with E-state index in [0.717, 1.165) is 0 Å². The van der Waals surface area contributed by atoms with E-state index >= 15 is 0 Å². The molecule has 0 aromatic heterocycles. The molecule has 0 spiro atoms. The number of unbranched alkanes of at least 4 members (excludes halogenated alkanes) is 7. The third kappa shape index (κ3) is 9.02. The fraction of sp³-hybridized carbons (Fsp3) is 0.917. The summed E-state index contributed by atoms with van der Waals surface area (Å²) >= 11 is -2.32. The first kappa shape index (κ1) is 24.4. The SMILES string of the molecule is CCCCCCCC1CCC=[C]([Sn]([CH2]CCC)([CH2]CCC)[CH2]CCC)O1. The van der Waals surface area contributed by atoms with Crippen LogP contribution in [-0.4, -0.2) is 24.5 Å². The number of hydrogen-bond donors (Lipinski definition) is 0. The van der Waals surface area contributed by atoms with E-state index in [1.54, 1.807) is 17.1 Å². The zero-order valence-electron chi connectivity index (χ0n) is 18.6. The molecule has 0 fully saturated rings. The van der Waals surface area contributed by atoms with Gasteiger partial charge in [0.25, 0.3) is 0 Å². The topological polar surface area (TPSA) is 9.23 Å². The average Bonchev–Trinajstić information content (AvgIpc) is 2.68. The molecule has 26 heavy (non-hydrogen) atoms. The third-order valence-electron chi connectivity index (χ3n) is 6.29. The molecule has 154 valence electrons. The van der Waals surface area contributed by atoms with E-state index in [1.807, 2.05) is 0 Å². The number of hydrogen-bond acceptors (Lipinski definition) is 1. The summed E-state index contributed by atoms with van der Waals surface area (Å²) in [4.78, 5) is 0. The van der Waals surface area contributed by atoms with Crippen molar-refractivity contribution in [3.05, 3.63) is 9.85 Å². The summed E-state index contributed by atoms with van der Waals surface area (Å²) in [6.45, 7) is 9.40. The van der Waals surface area contributed by atoms with Crippen LogP contribution in [0.4, 0.5) is 0 Å². The van der Waals surface area contributed by atoms with Crippen LogP contribution < -0.4 is 0 Å². The first-order valence-corrected chi connectivity index (χ1v) is 19.6. The van der Waals surface area contributed by atoms with E-state index in [-0.39, 0.29) is 0 Å². The minimum absolute atomic E-state index is 0.539. The van der Waals surface area contributed by atoms with Gasteiger partial charge in [-0.15, -0.1) is 0 Å². The van der Waals surface area contributed by atoms with Crippen molar-refractivity contribution in [2.24, 2.45) is 0 Å². The summed E-state index contributed by atoms with van der Waals surface area (Å²) in [7, 11) is 0. The summed E-state index contributed by atoms with van der Waals surface area (Å²) in [6.07, 6.45) is 22.3. The number of rotatable bonds is 16. The number of allylic oxidation sites excluding steroid dienone is 1. The van der Waals surface area contributed by atoms with Crippen molar-refractivity contribution >= 4 is 18.4 Å². The molecule has 1 rings (SSSR count). The molecule has 0 aliphatic carbocycles. The summed E-state index contributed by atoms with van der Waals surface area (Å²) < 4.78 is 13.0. The predicted octanol–water partition coefficient (Wildman–Crippen LogP) is 8.80. The molecule has 1 heterocycles. The molecule has 0 aromatic rings. The first-order chi connectivity index (χ1) is 12.7. The third-order valence-corrected chi connectivity index (χ3v) is 21.4. The Morgan fingerprint density at radius 2 is 1.31 bits per heavy atom. The second-order valence-electron chi connectivity index (χ2n) is 8.68. The van der Waals surface area contributed by atoms with Crippen LogP contribution in [0.15, 0.2) is 9.85 Å². The van der Waals surface area contributed by atoms with Crippen LogP contribution in [0.5, 0.6) is 0 Å². The van der Waals surface area contributed by atoms with Gasteiger partial charge in [-0.25, -0.2) is 0 Å². The molecule has 0 saturated heterocycles. The standard InChI is InChI=1S/C12H21O.3C4H9.Sn/c1-2-3-4-5-6-9-12-10-7-8-11-13-12;3*1-3-4-2;/h8,12H,2-7,9-10H2,1H3;3*1,3-4H2,2H3;. The zero-order valence-corrected chi connectivity index (χ0v) is 21.4. The Morgan fingerprint density at radius 3 is 1.85 bits per heavy atom. The molecule has 0 aromatic carbocycles. The predicted molar refractivity (Wildman–Crippen MR) is 120 cm³/mol. The second-order valence-corrected chi connectivity index (χ2v) is 21.7. The molecule has 0 amide bonds. The molecular weight excluding hydrogens is 423 g/mol. The Morgan fingerprint density at radius 1 is 0.769 bits per heavy atom. The number of ether oxygens (including phenoxy) is 1. The van der Waals surface area contributed by atoms with Crippen molar-refractivity contribution in [1.29, 1.82) is 0 Å². The van der Waals surface area contributed by atoms with E-state index in [9.17, 15) is 0 Å². The van der Waals surface area contributed by atoms with E-state index < -0.39 is 18.4 Å². The molecule has 0 N–H and O–H groups in total. The summed E-state index contributed by atoms with van der Waals surface area (Å²) in [5, 5.41) is 0. The molecule has 1 aliphatic heterocycles. The summed E-state index contributed by atoms with van der Waals surface area (Å²) in [5.74, 6) is 0. The normalized spacial score (nSPS) is 17.8. The van der Waals surface area contributed by atoms with E-state index in [4.69, 9.17) is 4.74 Å². The maximum absolute atomic E-state index is 6.80. The van der Waals surface area contributed by atoms with Crippen LogP contribution in [0, 0.1) is 0 Å². The fourth-order valence-electron chi connectivity index (χ4n) is 4.50. The quantitative estimate of drug-likeness (QED) is 0.161.